The Morgan fingerprint density at radius 3 is 2.29 bits per heavy atom. The predicted molar refractivity (Wildman–Crippen MR) is 138 cm³/mol. The molecule has 0 unspecified atom stereocenters. The molecule has 4 rings (SSSR count). The second-order valence-corrected chi connectivity index (χ2v) is 10.1. The largest absolute Gasteiger partial charge is 0.374 e. The first kappa shape index (κ1) is 24.1. The van der Waals surface area contributed by atoms with Gasteiger partial charge in [0.15, 0.2) is 10.8 Å². The Labute approximate surface area is 211 Å². The van der Waals surface area contributed by atoms with Crippen LogP contribution >= 0.6 is 35.4 Å². The molecule has 1 amide bonds. The van der Waals surface area contributed by atoms with E-state index in [0.717, 1.165) is 10.6 Å². The van der Waals surface area contributed by atoms with E-state index in [-0.39, 0.29) is 27.3 Å². The average Bonchev–Trinajstić information content (AvgIpc) is 3.03. The molecule has 4 N–H and O–H groups in total. The maximum atomic E-state index is 13.5. The van der Waals surface area contributed by atoms with Crippen molar-refractivity contribution in [2.24, 2.45) is 16.0 Å². The number of rotatable bonds is 5. The summed E-state index contributed by atoms with van der Waals surface area (Å²) in [6, 6.07) is 18.0. The number of anilines is 2. The Hall–Kier alpha value is -3.02. The Morgan fingerprint density at radius 1 is 1.06 bits per heavy atom. The lowest BCUT2D eigenvalue weighted by Gasteiger charge is -2.19. The number of hydrogen-bond donors (Lipinski definition) is 2. The Morgan fingerprint density at radius 2 is 1.71 bits per heavy atom. The topological polar surface area (TPSA) is 122 Å². The summed E-state index contributed by atoms with van der Waals surface area (Å²) < 4.78 is 23.1. The van der Waals surface area contributed by atoms with Crippen molar-refractivity contribution in [3.05, 3.63) is 87.9 Å². The number of thiocarbonyl (C=S) groups is 1. The van der Waals surface area contributed by atoms with E-state index in [2.05, 4.69) is 5.10 Å². The van der Waals surface area contributed by atoms with Gasteiger partial charge in [-0.05, 0) is 54.2 Å². The number of halogens is 2. The molecule has 3 aromatic carbocycles. The van der Waals surface area contributed by atoms with E-state index in [0.29, 0.717) is 22.0 Å². The van der Waals surface area contributed by atoms with Gasteiger partial charge in [0.05, 0.1) is 27.8 Å². The second-order valence-electron chi connectivity index (χ2n) is 7.30. The number of nitrogens with two attached hydrogens (primary N) is 2. The highest BCUT2D eigenvalue weighted by Crippen LogP contribution is 2.39. The maximum Gasteiger partial charge on any atom is 0.279 e. The molecule has 1 aliphatic rings. The van der Waals surface area contributed by atoms with Crippen molar-refractivity contribution < 1.29 is 13.2 Å². The van der Waals surface area contributed by atoms with Crippen molar-refractivity contribution in [1.29, 1.82) is 0 Å². The molecule has 0 aromatic heterocycles. The minimum Gasteiger partial charge on any atom is -0.374 e. The molecule has 0 atom stereocenters. The highest BCUT2D eigenvalue weighted by molar-refractivity contribution is 7.89. The van der Waals surface area contributed by atoms with E-state index in [1.54, 1.807) is 12.1 Å². The fourth-order valence-corrected chi connectivity index (χ4v) is 4.75. The zero-order chi connectivity index (χ0) is 24.6. The third kappa shape index (κ3) is 4.77. The molecule has 1 aliphatic heterocycles. The SMILES string of the molecule is NC(=S)N(/N=C1\C(=O)N(Cc2ccccc2)c2c(Cl)cc(Cl)cc21)c1ccc(S(N)(=O)=O)cc1. The van der Waals surface area contributed by atoms with Gasteiger partial charge in [-0.3, -0.25) is 4.79 Å². The standard InChI is InChI=1S/C22H17Cl2N5O3S2/c23-14-10-17-19(27-29(22(25)33)15-6-8-16(9-7-15)34(26,31)32)21(30)28(20(17)18(24)11-14)12-13-4-2-1-3-5-13/h1-11H,12H2,(H2,25,33)(H2,26,31,32)/b27-19-. The first-order valence-corrected chi connectivity index (χ1v) is 12.4. The number of fused-ring (bicyclic) bond motifs is 1. The summed E-state index contributed by atoms with van der Waals surface area (Å²) in [6.45, 7) is 0.253. The number of hydrogen-bond acceptors (Lipinski definition) is 5. The van der Waals surface area contributed by atoms with E-state index >= 15 is 0 Å². The van der Waals surface area contributed by atoms with Crippen molar-refractivity contribution in [2.45, 2.75) is 11.4 Å². The van der Waals surface area contributed by atoms with Gasteiger partial charge in [-0.1, -0.05) is 53.5 Å². The molecule has 0 spiro atoms. The van der Waals surface area contributed by atoms with Gasteiger partial charge >= 0.3 is 0 Å². The molecule has 8 nitrogen and oxygen atoms in total. The third-order valence-electron chi connectivity index (χ3n) is 5.00. The predicted octanol–water partition coefficient (Wildman–Crippen LogP) is 3.64. The van der Waals surface area contributed by atoms with Crippen LogP contribution in [-0.2, 0) is 21.4 Å². The molecule has 3 aromatic rings. The van der Waals surface area contributed by atoms with Crippen LogP contribution in [0.2, 0.25) is 10.0 Å². The Bertz CT molecular complexity index is 1430. The van der Waals surface area contributed by atoms with Crippen LogP contribution in [0.3, 0.4) is 0 Å². The number of carbonyl (C=O) groups excluding carboxylic acids is 1. The molecule has 174 valence electrons. The lowest BCUT2D eigenvalue weighted by atomic mass is 10.1. The lowest BCUT2D eigenvalue weighted by Crippen LogP contribution is -2.35. The molecular weight excluding hydrogens is 517 g/mol. The van der Waals surface area contributed by atoms with Crippen LogP contribution in [0.25, 0.3) is 0 Å². The van der Waals surface area contributed by atoms with Crippen molar-refractivity contribution in [3.8, 4) is 0 Å². The van der Waals surface area contributed by atoms with Crippen LogP contribution in [0, 0.1) is 0 Å². The highest BCUT2D eigenvalue weighted by Gasteiger charge is 2.37. The number of amides is 1. The summed E-state index contributed by atoms with van der Waals surface area (Å²) in [5.74, 6) is -0.426. The van der Waals surface area contributed by atoms with Gasteiger partial charge in [0, 0.05) is 10.6 Å². The summed E-state index contributed by atoms with van der Waals surface area (Å²) in [6.07, 6.45) is 0. The molecule has 0 radical (unpaired) electrons. The molecule has 0 saturated heterocycles. The van der Waals surface area contributed by atoms with Gasteiger partial charge in [-0.2, -0.15) is 5.10 Å². The number of hydrazone groups is 1. The van der Waals surface area contributed by atoms with Gasteiger partial charge in [-0.15, -0.1) is 0 Å². The number of sulfonamides is 1. The molecule has 0 bridgehead atoms. The van der Waals surface area contributed by atoms with Crippen LogP contribution < -0.4 is 20.8 Å². The van der Waals surface area contributed by atoms with Gasteiger partial charge < -0.3 is 10.6 Å². The summed E-state index contributed by atoms with van der Waals surface area (Å²) in [5.41, 5.74) is 8.01. The quantitative estimate of drug-likeness (QED) is 0.381. The summed E-state index contributed by atoms with van der Waals surface area (Å²) in [5, 5.41) is 11.2. The number of nitrogens with zero attached hydrogens (tertiary/aromatic N) is 3. The third-order valence-corrected chi connectivity index (χ3v) is 6.61. The zero-order valence-electron chi connectivity index (χ0n) is 17.4. The van der Waals surface area contributed by atoms with Crippen molar-refractivity contribution in [1.82, 2.24) is 0 Å². The maximum absolute atomic E-state index is 13.5. The summed E-state index contributed by atoms with van der Waals surface area (Å²) in [7, 11) is -3.89. The molecule has 12 heteroatoms. The average molecular weight is 534 g/mol. The summed E-state index contributed by atoms with van der Waals surface area (Å²) in [4.78, 5) is 14.9. The lowest BCUT2D eigenvalue weighted by molar-refractivity contribution is -0.112. The van der Waals surface area contributed by atoms with Gasteiger partial charge in [0.2, 0.25) is 10.0 Å². The minimum absolute atomic E-state index is 0.0265. The first-order chi connectivity index (χ1) is 16.1. The Balaban J connectivity index is 1.81. The van der Waals surface area contributed by atoms with E-state index in [1.807, 2.05) is 30.3 Å². The first-order valence-electron chi connectivity index (χ1n) is 9.72. The second kappa shape index (κ2) is 9.32. The van der Waals surface area contributed by atoms with E-state index in [9.17, 15) is 13.2 Å². The van der Waals surface area contributed by atoms with Crippen LogP contribution in [0.5, 0.6) is 0 Å². The number of benzene rings is 3. The van der Waals surface area contributed by atoms with Crippen LogP contribution in [0.4, 0.5) is 11.4 Å². The molecule has 0 saturated carbocycles. The smallest absolute Gasteiger partial charge is 0.279 e. The zero-order valence-corrected chi connectivity index (χ0v) is 20.5. The van der Waals surface area contributed by atoms with E-state index in [4.69, 9.17) is 46.3 Å². The summed E-state index contributed by atoms with van der Waals surface area (Å²) >= 11 is 17.8. The van der Waals surface area contributed by atoms with Gasteiger partial charge in [-0.25, -0.2) is 18.6 Å². The van der Waals surface area contributed by atoms with Crippen LogP contribution in [0.15, 0.2) is 76.7 Å². The fourth-order valence-electron chi connectivity index (χ4n) is 3.49. The molecule has 0 fully saturated rings. The van der Waals surface area contributed by atoms with Crippen molar-refractivity contribution in [2.75, 3.05) is 9.91 Å². The number of primary sulfonamides is 1. The molecule has 1 heterocycles. The fraction of sp³-hybridized carbons (Fsp3) is 0.0455. The normalized spacial score (nSPS) is 14.4. The number of carbonyl (C=O) groups is 1. The molecule has 0 aliphatic carbocycles. The minimum atomic E-state index is -3.89. The Kier molecular flexibility index (Phi) is 6.61. The van der Waals surface area contributed by atoms with Crippen LogP contribution in [-0.4, -0.2) is 25.1 Å². The van der Waals surface area contributed by atoms with Crippen LogP contribution in [0.1, 0.15) is 11.1 Å². The molecule has 34 heavy (non-hydrogen) atoms. The van der Waals surface area contributed by atoms with Crippen molar-refractivity contribution >= 4 is 73.5 Å². The van der Waals surface area contributed by atoms with E-state index in [1.165, 1.54) is 29.2 Å². The monoisotopic (exact) mass is 533 g/mol. The van der Waals surface area contributed by atoms with Gasteiger partial charge in [0.1, 0.15) is 0 Å². The highest BCUT2D eigenvalue weighted by atomic mass is 35.5. The molecular formula is C22H17Cl2N5O3S2. The van der Waals surface area contributed by atoms with E-state index < -0.39 is 15.9 Å². The van der Waals surface area contributed by atoms with Gasteiger partial charge in [0.25, 0.3) is 5.91 Å². The van der Waals surface area contributed by atoms with Crippen molar-refractivity contribution in [3.63, 3.8) is 0 Å².